The molecule has 0 spiro atoms. The molecule has 3 rings (SSSR count). The van der Waals surface area contributed by atoms with Crippen molar-refractivity contribution >= 4 is 44.8 Å². The number of hydrogen-bond acceptors (Lipinski definition) is 4. The molecule has 142 valence electrons. The minimum atomic E-state index is -3.73. The van der Waals surface area contributed by atoms with Crippen molar-refractivity contribution in [3.8, 4) is 0 Å². The first kappa shape index (κ1) is 20.5. The van der Waals surface area contributed by atoms with Gasteiger partial charge in [0.15, 0.2) is 0 Å². The third-order valence-corrected chi connectivity index (χ3v) is 6.92. The summed E-state index contributed by atoms with van der Waals surface area (Å²) in [6.07, 6.45) is 1.38. The molecular formula is C18H24ClN3O3S. The topological polar surface area (TPSA) is 92.5 Å². The van der Waals surface area contributed by atoms with Gasteiger partial charge in [-0.3, -0.25) is 9.10 Å². The number of halogens is 1. The maximum Gasteiger partial charge on any atom is 0.265 e. The Hall–Kier alpha value is -1.83. The van der Waals surface area contributed by atoms with E-state index < -0.39 is 15.6 Å². The lowest BCUT2D eigenvalue weighted by molar-refractivity contribution is -0.121. The van der Waals surface area contributed by atoms with E-state index in [0.717, 1.165) is 5.39 Å². The normalized spacial score (nSPS) is 15.0. The molecule has 0 fully saturated rings. The molecule has 0 aliphatic carbocycles. The van der Waals surface area contributed by atoms with E-state index in [1.165, 1.54) is 4.31 Å². The van der Waals surface area contributed by atoms with Crippen molar-refractivity contribution in [3.63, 3.8) is 0 Å². The van der Waals surface area contributed by atoms with Gasteiger partial charge in [0, 0.05) is 11.9 Å². The number of carbonyl (C=O) groups is 1. The molecule has 26 heavy (non-hydrogen) atoms. The molecule has 0 saturated carbocycles. The van der Waals surface area contributed by atoms with Crippen molar-refractivity contribution < 1.29 is 13.2 Å². The van der Waals surface area contributed by atoms with E-state index in [1.807, 2.05) is 26.0 Å². The molecule has 2 aromatic rings. The lowest BCUT2D eigenvalue weighted by Gasteiger charge is -2.32. The quantitative estimate of drug-likeness (QED) is 0.782. The molecular weight excluding hydrogens is 374 g/mol. The summed E-state index contributed by atoms with van der Waals surface area (Å²) in [5.41, 5.74) is 5.87. The van der Waals surface area contributed by atoms with Crippen LogP contribution >= 0.6 is 12.4 Å². The van der Waals surface area contributed by atoms with Crippen LogP contribution in [0.5, 0.6) is 0 Å². The van der Waals surface area contributed by atoms with Gasteiger partial charge >= 0.3 is 0 Å². The van der Waals surface area contributed by atoms with Gasteiger partial charge in [0.2, 0.25) is 5.91 Å². The Morgan fingerprint density at radius 3 is 2.35 bits per heavy atom. The van der Waals surface area contributed by atoms with Gasteiger partial charge in [0.05, 0.1) is 16.1 Å². The fourth-order valence-corrected chi connectivity index (χ4v) is 5.03. The minimum absolute atomic E-state index is 0. The Morgan fingerprint density at radius 2 is 1.77 bits per heavy atom. The molecule has 0 atom stereocenters. The molecule has 3 N–H and O–H groups in total. The molecule has 1 aliphatic rings. The van der Waals surface area contributed by atoms with Crippen LogP contribution < -0.4 is 15.4 Å². The molecule has 1 heterocycles. The van der Waals surface area contributed by atoms with E-state index in [1.54, 1.807) is 24.3 Å². The molecule has 0 radical (unpaired) electrons. The summed E-state index contributed by atoms with van der Waals surface area (Å²) in [7, 11) is -3.73. The number of nitrogens with zero attached hydrogens (tertiary/aromatic N) is 1. The maximum absolute atomic E-state index is 12.9. The smallest absolute Gasteiger partial charge is 0.265 e. The highest BCUT2D eigenvalue weighted by Crippen LogP contribution is 2.41. The SMILES string of the molecule is CCC(CC)(CN)NC(=O)CN1c2cccc3cccc(c23)S1(=O)=O.Cl. The van der Waals surface area contributed by atoms with Crippen LogP contribution in [0.15, 0.2) is 41.3 Å². The number of anilines is 1. The van der Waals surface area contributed by atoms with Gasteiger partial charge in [-0.1, -0.05) is 38.1 Å². The van der Waals surface area contributed by atoms with Crippen LogP contribution in [0.1, 0.15) is 26.7 Å². The Labute approximate surface area is 160 Å². The first-order chi connectivity index (χ1) is 11.9. The predicted octanol–water partition coefficient (Wildman–Crippen LogP) is 2.40. The highest BCUT2D eigenvalue weighted by Gasteiger charge is 2.37. The summed E-state index contributed by atoms with van der Waals surface area (Å²) < 4.78 is 27.0. The zero-order chi connectivity index (χ0) is 18.2. The van der Waals surface area contributed by atoms with Crippen LogP contribution in [0.25, 0.3) is 10.8 Å². The van der Waals surface area contributed by atoms with Crippen LogP contribution in [-0.2, 0) is 14.8 Å². The van der Waals surface area contributed by atoms with Crippen LogP contribution in [0.2, 0.25) is 0 Å². The molecule has 0 saturated heterocycles. The highest BCUT2D eigenvalue weighted by atomic mass is 35.5. The van der Waals surface area contributed by atoms with Crippen molar-refractivity contribution in [2.24, 2.45) is 5.73 Å². The van der Waals surface area contributed by atoms with E-state index in [9.17, 15) is 13.2 Å². The molecule has 0 bridgehead atoms. The minimum Gasteiger partial charge on any atom is -0.348 e. The molecule has 1 aliphatic heterocycles. The number of nitrogens with two attached hydrogens (primary N) is 1. The largest absolute Gasteiger partial charge is 0.348 e. The summed E-state index contributed by atoms with van der Waals surface area (Å²) >= 11 is 0. The van der Waals surface area contributed by atoms with Gasteiger partial charge in [0.25, 0.3) is 10.0 Å². The van der Waals surface area contributed by atoms with E-state index in [0.29, 0.717) is 30.5 Å². The number of sulfonamides is 1. The second-order valence-corrected chi connectivity index (χ2v) is 8.21. The van der Waals surface area contributed by atoms with Crippen LogP contribution in [0.3, 0.4) is 0 Å². The van der Waals surface area contributed by atoms with Crippen LogP contribution in [0.4, 0.5) is 5.69 Å². The van der Waals surface area contributed by atoms with Crippen LogP contribution in [0, 0.1) is 0 Å². The fraction of sp³-hybridized carbons (Fsp3) is 0.389. The van der Waals surface area contributed by atoms with Gasteiger partial charge in [-0.05, 0) is 30.4 Å². The van der Waals surface area contributed by atoms with Crippen molar-refractivity contribution in [2.75, 3.05) is 17.4 Å². The van der Waals surface area contributed by atoms with Crippen LogP contribution in [-0.4, -0.2) is 33.0 Å². The average molecular weight is 398 g/mol. The average Bonchev–Trinajstić information content (AvgIpc) is 2.83. The second kappa shape index (κ2) is 7.42. The third-order valence-electron chi connectivity index (χ3n) is 5.12. The van der Waals surface area contributed by atoms with Crippen molar-refractivity contribution in [3.05, 3.63) is 36.4 Å². The van der Waals surface area contributed by atoms with Crippen molar-refractivity contribution in [1.29, 1.82) is 0 Å². The number of benzene rings is 2. The van der Waals surface area contributed by atoms with Gasteiger partial charge in [-0.2, -0.15) is 0 Å². The Balaban J connectivity index is 0.00000243. The zero-order valence-corrected chi connectivity index (χ0v) is 16.5. The Morgan fingerprint density at radius 1 is 1.15 bits per heavy atom. The first-order valence-corrected chi connectivity index (χ1v) is 9.88. The number of rotatable bonds is 6. The summed E-state index contributed by atoms with van der Waals surface area (Å²) in [6, 6.07) is 10.6. The molecule has 8 heteroatoms. The molecule has 0 aromatic heterocycles. The van der Waals surface area contributed by atoms with Gasteiger partial charge in [-0.25, -0.2) is 8.42 Å². The Kier molecular flexibility index (Phi) is 5.85. The number of carbonyl (C=O) groups excluding carboxylic acids is 1. The Bertz CT molecular complexity index is 913. The van der Waals surface area contributed by atoms with Gasteiger partial charge in [-0.15, -0.1) is 12.4 Å². The summed E-state index contributed by atoms with van der Waals surface area (Å²) in [4.78, 5) is 12.8. The number of nitrogens with one attached hydrogen (secondary N) is 1. The standard InChI is InChI=1S/C18H23N3O3S.ClH/c1-3-18(4-2,12-19)20-16(22)11-21-14-9-5-7-13-8-6-10-15(17(13)14)25(21,23)24;/h5-10H,3-4,11-12,19H2,1-2H3,(H,20,22);1H. The lowest BCUT2D eigenvalue weighted by Crippen LogP contribution is -2.55. The third kappa shape index (κ3) is 3.15. The highest BCUT2D eigenvalue weighted by molar-refractivity contribution is 7.93. The summed E-state index contributed by atoms with van der Waals surface area (Å²) in [6.45, 7) is 3.98. The predicted molar refractivity (Wildman–Crippen MR) is 106 cm³/mol. The number of hydrogen-bond donors (Lipinski definition) is 2. The second-order valence-electron chi connectivity index (χ2n) is 6.38. The molecule has 2 aromatic carbocycles. The molecule has 1 amide bonds. The maximum atomic E-state index is 12.9. The lowest BCUT2D eigenvalue weighted by atomic mass is 9.93. The van der Waals surface area contributed by atoms with Gasteiger partial charge in [0.1, 0.15) is 6.54 Å². The fourth-order valence-electron chi connectivity index (χ4n) is 3.36. The summed E-state index contributed by atoms with van der Waals surface area (Å²) in [5.74, 6) is -0.345. The van der Waals surface area contributed by atoms with E-state index >= 15 is 0 Å². The van der Waals surface area contributed by atoms with E-state index in [2.05, 4.69) is 5.32 Å². The first-order valence-electron chi connectivity index (χ1n) is 8.44. The van der Waals surface area contributed by atoms with Crippen molar-refractivity contribution in [1.82, 2.24) is 5.32 Å². The summed E-state index contributed by atoms with van der Waals surface area (Å²) in [5, 5.41) is 4.45. The molecule has 6 nitrogen and oxygen atoms in total. The monoisotopic (exact) mass is 397 g/mol. The van der Waals surface area contributed by atoms with Gasteiger partial charge < -0.3 is 11.1 Å². The van der Waals surface area contributed by atoms with E-state index in [-0.39, 0.29) is 29.8 Å². The zero-order valence-electron chi connectivity index (χ0n) is 14.9. The van der Waals surface area contributed by atoms with Crippen molar-refractivity contribution in [2.45, 2.75) is 37.1 Å². The molecule has 0 unspecified atom stereocenters. The number of amides is 1. The van der Waals surface area contributed by atoms with E-state index in [4.69, 9.17) is 5.73 Å².